The number of hydrogen-bond donors (Lipinski definition) is 0. The molecule has 0 radical (unpaired) electrons. The Labute approximate surface area is 115 Å². The van der Waals surface area contributed by atoms with Crippen molar-refractivity contribution in [2.75, 3.05) is 13.3 Å². The summed E-state index contributed by atoms with van der Waals surface area (Å²) < 4.78 is 42.7. The molecule has 0 saturated heterocycles. The third kappa shape index (κ3) is 2.69. The number of benzene rings is 1. The number of fused-ring (bicyclic) bond motifs is 1. The average Bonchev–Trinajstić information content (AvgIpc) is 2.70. The smallest absolute Gasteiger partial charge is 0.263 e. The van der Waals surface area contributed by atoms with Gasteiger partial charge < -0.3 is 9.30 Å². The van der Waals surface area contributed by atoms with Gasteiger partial charge in [0.25, 0.3) is 9.05 Å². The standard InChI is InChI=1S/C12H13ClFNO3S/c1-2-18-10-5-3-4-9-12(10)11(19(13,16)17)8-15(9)7-6-14/h3-5,8H,2,6-7H2,1H3. The van der Waals surface area contributed by atoms with Crippen LogP contribution >= 0.6 is 10.7 Å². The third-order valence-corrected chi connectivity index (χ3v) is 4.05. The van der Waals surface area contributed by atoms with Crippen molar-refractivity contribution in [2.24, 2.45) is 0 Å². The summed E-state index contributed by atoms with van der Waals surface area (Å²) in [6.07, 6.45) is 1.34. The van der Waals surface area contributed by atoms with Crippen molar-refractivity contribution >= 4 is 30.6 Å². The zero-order valence-corrected chi connectivity index (χ0v) is 11.8. The molecule has 0 saturated carbocycles. The van der Waals surface area contributed by atoms with E-state index in [0.29, 0.717) is 23.3 Å². The molecule has 0 N–H and O–H groups in total. The SMILES string of the molecule is CCOc1cccc2c1c(S(=O)(=O)Cl)cn2CCF. The van der Waals surface area contributed by atoms with Crippen molar-refractivity contribution in [3.63, 3.8) is 0 Å². The molecule has 2 aromatic rings. The largest absolute Gasteiger partial charge is 0.493 e. The molecule has 1 aromatic heterocycles. The minimum atomic E-state index is -3.92. The van der Waals surface area contributed by atoms with Crippen molar-refractivity contribution in [1.82, 2.24) is 4.57 Å². The van der Waals surface area contributed by atoms with Crippen LogP contribution in [0.25, 0.3) is 10.9 Å². The van der Waals surface area contributed by atoms with E-state index in [0.717, 1.165) is 0 Å². The molecule has 104 valence electrons. The van der Waals surface area contributed by atoms with Crippen molar-refractivity contribution in [3.8, 4) is 5.75 Å². The highest BCUT2D eigenvalue weighted by Gasteiger charge is 2.21. The number of alkyl halides is 1. The van der Waals surface area contributed by atoms with Gasteiger partial charge in [-0.2, -0.15) is 0 Å². The van der Waals surface area contributed by atoms with E-state index in [-0.39, 0.29) is 11.4 Å². The van der Waals surface area contributed by atoms with Crippen LogP contribution < -0.4 is 4.74 Å². The maximum atomic E-state index is 12.5. The Morgan fingerprint density at radius 1 is 1.42 bits per heavy atom. The number of aryl methyl sites for hydroxylation is 1. The Morgan fingerprint density at radius 2 is 2.16 bits per heavy atom. The van der Waals surface area contributed by atoms with Crippen LogP contribution in [0.4, 0.5) is 4.39 Å². The summed E-state index contributed by atoms with van der Waals surface area (Å²) in [6, 6.07) is 5.10. The fourth-order valence-electron chi connectivity index (χ4n) is 2.02. The summed E-state index contributed by atoms with van der Waals surface area (Å²) in [6.45, 7) is 1.67. The summed E-state index contributed by atoms with van der Waals surface area (Å²) in [5.74, 6) is 0.428. The molecule has 0 atom stereocenters. The molecule has 0 unspecified atom stereocenters. The molecule has 7 heteroatoms. The highest BCUT2D eigenvalue weighted by molar-refractivity contribution is 8.14. The normalized spacial score (nSPS) is 11.9. The van der Waals surface area contributed by atoms with E-state index < -0.39 is 15.7 Å². The topological polar surface area (TPSA) is 48.3 Å². The Bertz CT molecular complexity index is 696. The predicted octanol–water partition coefficient (Wildman–Crippen LogP) is 2.94. The van der Waals surface area contributed by atoms with Crippen LogP contribution in [0.2, 0.25) is 0 Å². The number of aromatic nitrogens is 1. The molecule has 0 aliphatic carbocycles. The van der Waals surface area contributed by atoms with Crippen LogP contribution in [0.5, 0.6) is 5.75 Å². The molecule has 1 aromatic carbocycles. The Kier molecular flexibility index (Phi) is 4.01. The molecule has 2 rings (SSSR count). The number of nitrogens with zero attached hydrogens (tertiary/aromatic N) is 1. The lowest BCUT2D eigenvalue weighted by molar-refractivity contribution is 0.344. The number of hydrogen-bond acceptors (Lipinski definition) is 3. The Balaban J connectivity index is 2.80. The molecule has 0 fully saturated rings. The van der Waals surface area contributed by atoms with Gasteiger partial charge >= 0.3 is 0 Å². The molecule has 0 amide bonds. The quantitative estimate of drug-likeness (QED) is 0.798. The number of ether oxygens (including phenoxy) is 1. The first kappa shape index (κ1) is 14.1. The van der Waals surface area contributed by atoms with Gasteiger partial charge in [0.15, 0.2) is 0 Å². The van der Waals surface area contributed by atoms with E-state index in [4.69, 9.17) is 15.4 Å². The Morgan fingerprint density at radius 3 is 2.74 bits per heavy atom. The van der Waals surface area contributed by atoms with Gasteiger partial charge in [0.1, 0.15) is 17.3 Å². The van der Waals surface area contributed by atoms with Crippen LogP contribution in [0, 0.1) is 0 Å². The summed E-state index contributed by atoms with van der Waals surface area (Å²) in [5.41, 5.74) is 0.586. The fraction of sp³-hybridized carbons (Fsp3) is 0.333. The van der Waals surface area contributed by atoms with E-state index in [1.807, 2.05) is 0 Å². The monoisotopic (exact) mass is 305 g/mol. The first-order chi connectivity index (χ1) is 8.99. The van der Waals surface area contributed by atoms with E-state index in [9.17, 15) is 12.8 Å². The predicted molar refractivity (Wildman–Crippen MR) is 72.1 cm³/mol. The zero-order chi connectivity index (χ0) is 14.0. The van der Waals surface area contributed by atoms with Gasteiger partial charge in [-0.05, 0) is 19.1 Å². The first-order valence-corrected chi connectivity index (χ1v) is 8.05. The highest BCUT2D eigenvalue weighted by Crippen LogP contribution is 2.35. The van der Waals surface area contributed by atoms with E-state index in [1.165, 1.54) is 10.8 Å². The van der Waals surface area contributed by atoms with Crippen LogP contribution in [-0.2, 0) is 15.6 Å². The van der Waals surface area contributed by atoms with Crippen LogP contribution in [0.3, 0.4) is 0 Å². The van der Waals surface area contributed by atoms with Gasteiger partial charge in [-0.25, -0.2) is 12.8 Å². The van der Waals surface area contributed by atoms with Gasteiger partial charge in [0, 0.05) is 16.9 Å². The van der Waals surface area contributed by atoms with Crippen molar-refractivity contribution in [3.05, 3.63) is 24.4 Å². The number of rotatable bonds is 5. The van der Waals surface area contributed by atoms with Crippen molar-refractivity contribution < 1.29 is 17.5 Å². The van der Waals surface area contributed by atoms with Gasteiger partial charge in [0.05, 0.1) is 24.1 Å². The summed E-state index contributed by atoms with van der Waals surface area (Å²) >= 11 is 0. The minimum Gasteiger partial charge on any atom is -0.493 e. The fourth-order valence-corrected chi connectivity index (χ4v) is 3.07. The second-order valence-corrected chi connectivity index (χ2v) is 6.43. The maximum absolute atomic E-state index is 12.5. The molecule has 1 heterocycles. The van der Waals surface area contributed by atoms with E-state index >= 15 is 0 Å². The van der Waals surface area contributed by atoms with Gasteiger partial charge in [-0.15, -0.1) is 0 Å². The van der Waals surface area contributed by atoms with Gasteiger partial charge in [-0.1, -0.05) is 6.07 Å². The Hall–Kier alpha value is -1.27. The van der Waals surface area contributed by atoms with Crippen LogP contribution in [-0.4, -0.2) is 26.3 Å². The molecule has 0 aliphatic heterocycles. The van der Waals surface area contributed by atoms with Crippen LogP contribution in [0.1, 0.15) is 6.92 Å². The molecular formula is C12H13ClFNO3S. The summed E-state index contributed by atoms with van der Waals surface area (Å²) in [4.78, 5) is -0.0540. The molecule has 0 aliphatic rings. The number of halogens is 2. The third-order valence-electron chi connectivity index (χ3n) is 2.72. The van der Waals surface area contributed by atoms with Gasteiger partial charge in [-0.3, -0.25) is 0 Å². The lowest BCUT2D eigenvalue weighted by Gasteiger charge is -2.06. The van der Waals surface area contributed by atoms with Crippen molar-refractivity contribution in [1.29, 1.82) is 0 Å². The zero-order valence-electron chi connectivity index (χ0n) is 10.3. The average molecular weight is 306 g/mol. The van der Waals surface area contributed by atoms with Gasteiger partial charge in [0.2, 0.25) is 0 Å². The lowest BCUT2D eigenvalue weighted by atomic mass is 10.2. The molecule has 19 heavy (non-hydrogen) atoms. The van der Waals surface area contributed by atoms with Crippen molar-refractivity contribution in [2.45, 2.75) is 18.4 Å². The second kappa shape index (κ2) is 5.38. The second-order valence-electron chi connectivity index (χ2n) is 3.90. The molecular weight excluding hydrogens is 293 g/mol. The van der Waals surface area contributed by atoms with E-state index in [1.54, 1.807) is 25.1 Å². The molecule has 0 spiro atoms. The minimum absolute atomic E-state index is 0.0540. The first-order valence-electron chi connectivity index (χ1n) is 5.74. The summed E-state index contributed by atoms with van der Waals surface area (Å²) in [7, 11) is 1.51. The maximum Gasteiger partial charge on any atom is 0.263 e. The molecule has 0 bridgehead atoms. The molecule has 4 nitrogen and oxygen atoms in total. The van der Waals surface area contributed by atoms with Crippen LogP contribution in [0.15, 0.2) is 29.3 Å². The summed E-state index contributed by atoms with van der Waals surface area (Å²) in [5, 5.41) is 0.396. The lowest BCUT2D eigenvalue weighted by Crippen LogP contribution is -1.97. The van der Waals surface area contributed by atoms with E-state index in [2.05, 4.69) is 0 Å². The highest BCUT2D eigenvalue weighted by atomic mass is 35.7.